The third-order valence-electron chi connectivity index (χ3n) is 6.93. The van der Waals surface area contributed by atoms with Crippen molar-refractivity contribution < 1.29 is 9.59 Å². The summed E-state index contributed by atoms with van der Waals surface area (Å²) < 4.78 is 0. The van der Waals surface area contributed by atoms with Crippen LogP contribution in [0.1, 0.15) is 54.6 Å². The molecule has 0 aliphatic carbocycles. The molecule has 1 spiro atoms. The molecule has 0 bridgehead atoms. The lowest BCUT2D eigenvalue weighted by Crippen LogP contribution is -2.61. The standard InChI is InChI=1S/C26H33N3O2/c1-4-20(3)29-25(31)23(18-21-8-6-5-7-9-21)27-26(29)14-16-28(17-15-26)24(30)22-12-10-19(2)11-13-22/h5-13,20,23,27H,4,14-18H2,1-3H3/t20-,23-/m1/s1. The number of amides is 2. The molecule has 0 unspecified atom stereocenters. The Hall–Kier alpha value is -2.66. The number of hydrogen-bond acceptors (Lipinski definition) is 3. The molecule has 5 nitrogen and oxygen atoms in total. The largest absolute Gasteiger partial charge is 0.338 e. The van der Waals surface area contributed by atoms with Gasteiger partial charge in [-0.15, -0.1) is 0 Å². The van der Waals surface area contributed by atoms with Gasteiger partial charge in [-0.2, -0.15) is 0 Å². The molecular weight excluding hydrogens is 386 g/mol. The van der Waals surface area contributed by atoms with E-state index in [9.17, 15) is 9.59 Å². The fourth-order valence-corrected chi connectivity index (χ4v) is 4.99. The number of benzene rings is 2. The smallest absolute Gasteiger partial charge is 0.253 e. The van der Waals surface area contributed by atoms with Crippen molar-refractivity contribution in [1.29, 1.82) is 0 Å². The molecule has 4 rings (SSSR count). The van der Waals surface area contributed by atoms with Gasteiger partial charge in [-0.1, -0.05) is 55.0 Å². The highest BCUT2D eigenvalue weighted by molar-refractivity contribution is 5.94. The molecule has 1 N–H and O–H groups in total. The Labute approximate surface area is 185 Å². The predicted molar refractivity (Wildman–Crippen MR) is 123 cm³/mol. The number of nitrogens with one attached hydrogen (secondary N) is 1. The van der Waals surface area contributed by atoms with E-state index >= 15 is 0 Å². The van der Waals surface area contributed by atoms with Crippen LogP contribution in [0.3, 0.4) is 0 Å². The van der Waals surface area contributed by atoms with E-state index in [-0.39, 0.29) is 29.6 Å². The van der Waals surface area contributed by atoms with E-state index in [1.807, 2.05) is 54.3 Å². The molecule has 2 saturated heterocycles. The molecule has 164 valence electrons. The van der Waals surface area contributed by atoms with Crippen LogP contribution < -0.4 is 5.32 Å². The Bertz CT molecular complexity index is 917. The highest BCUT2D eigenvalue weighted by atomic mass is 16.2. The molecular formula is C26H33N3O2. The van der Waals surface area contributed by atoms with Crippen LogP contribution >= 0.6 is 0 Å². The van der Waals surface area contributed by atoms with Gasteiger partial charge in [0.2, 0.25) is 5.91 Å². The molecule has 0 saturated carbocycles. The number of aryl methyl sites for hydroxylation is 1. The minimum atomic E-state index is -0.365. The van der Waals surface area contributed by atoms with Gasteiger partial charge in [-0.25, -0.2) is 0 Å². The fraction of sp³-hybridized carbons (Fsp3) is 0.462. The Kier molecular flexibility index (Phi) is 6.15. The van der Waals surface area contributed by atoms with Crippen molar-refractivity contribution in [2.45, 2.75) is 64.2 Å². The molecule has 2 heterocycles. The van der Waals surface area contributed by atoms with Crippen LogP contribution in [0.4, 0.5) is 0 Å². The fourth-order valence-electron chi connectivity index (χ4n) is 4.99. The van der Waals surface area contributed by atoms with Crippen LogP contribution in [0.2, 0.25) is 0 Å². The van der Waals surface area contributed by atoms with Crippen molar-refractivity contribution in [1.82, 2.24) is 15.1 Å². The van der Waals surface area contributed by atoms with Gasteiger partial charge in [0.25, 0.3) is 5.91 Å². The topological polar surface area (TPSA) is 52.7 Å². The molecule has 2 aliphatic heterocycles. The summed E-state index contributed by atoms with van der Waals surface area (Å²) in [6.45, 7) is 7.59. The van der Waals surface area contributed by atoms with Gasteiger partial charge in [0.1, 0.15) is 0 Å². The summed E-state index contributed by atoms with van der Waals surface area (Å²) in [4.78, 5) is 30.4. The van der Waals surface area contributed by atoms with Gasteiger partial charge in [0.15, 0.2) is 0 Å². The number of likely N-dealkylation sites (tertiary alicyclic amines) is 1. The van der Waals surface area contributed by atoms with Crippen molar-refractivity contribution >= 4 is 11.8 Å². The van der Waals surface area contributed by atoms with E-state index in [1.54, 1.807) is 0 Å². The van der Waals surface area contributed by atoms with Crippen LogP contribution in [-0.2, 0) is 11.2 Å². The third kappa shape index (κ3) is 4.24. The minimum absolute atomic E-state index is 0.0788. The maximum Gasteiger partial charge on any atom is 0.253 e. The number of carbonyl (C=O) groups is 2. The average Bonchev–Trinajstić information content (AvgIpc) is 3.05. The van der Waals surface area contributed by atoms with Crippen LogP contribution in [0.5, 0.6) is 0 Å². The molecule has 2 amide bonds. The van der Waals surface area contributed by atoms with Crippen LogP contribution in [-0.4, -0.2) is 52.5 Å². The van der Waals surface area contributed by atoms with Gasteiger partial charge >= 0.3 is 0 Å². The maximum atomic E-state index is 13.4. The summed E-state index contributed by atoms with van der Waals surface area (Å²) in [5, 5.41) is 3.72. The summed E-state index contributed by atoms with van der Waals surface area (Å²) in [5.74, 6) is 0.270. The zero-order chi connectivity index (χ0) is 22.0. The van der Waals surface area contributed by atoms with E-state index in [2.05, 4.69) is 36.2 Å². The molecule has 2 aliphatic rings. The van der Waals surface area contributed by atoms with E-state index < -0.39 is 0 Å². The second-order valence-electron chi connectivity index (χ2n) is 9.04. The third-order valence-corrected chi connectivity index (χ3v) is 6.93. The number of carbonyl (C=O) groups excluding carboxylic acids is 2. The molecule has 2 fully saturated rings. The molecule has 0 radical (unpaired) electrons. The van der Waals surface area contributed by atoms with Gasteiger partial charge < -0.3 is 9.80 Å². The van der Waals surface area contributed by atoms with E-state index in [4.69, 9.17) is 0 Å². The van der Waals surface area contributed by atoms with Gasteiger partial charge in [-0.05, 0) is 44.4 Å². The van der Waals surface area contributed by atoms with Crippen molar-refractivity contribution in [3.8, 4) is 0 Å². The zero-order valence-corrected chi connectivity index (χ0v) is 18.8. The average molecular weight is 420 g/mol. The van der Waals surface area contributed by atoms with E-state index in [1.165, 1.54) is 5.56 Å². The minimum Gasteiger partial charge on any atom is -0.338 e. The number of hydrogen-bond donors (Lipinski definition) is 1. The summed E-state index contributed by atoms with van der Waals surface area (Å²) in [6.07, 6.45) is 3.12. The quantitative estimate of drug-likeness (QED) is 0.803. The summed E-state index contributed by atoms with van der Waals surface area (Å²) >= 11 is 0. The lowest BCUT2D eigenvalue weighted by atomic mass is 9.93. The highest BCUT2D eigenvalue weighted by Gasteiger charge is 2.52. The molecule has 2 atom stereocenters. The normalized spacial score (nSPS) is 21.5. The van der Waals surface area contributed by atoms with Crippen LogP contribution in [0.25, 0.3) is 0 Å². The van der Waals surface area contributed by atoms with E-state index in [0.29, 0.717) is 19.5 Å². The van der Waals surface area contributed by atoms with Crippen molar-refractivity contribution in [2.75, 3.05) is 13.1 Å². The molecule has 0 aromatic heterocycles. The molecule has 2 aromatic rings. The maximum absolute atomic E-state index is 13.4. The summed E-state index contributed by atoms with van der Waals surface area (Å²) in [5.41, 5.74) is 2.69. The first kappa shape index (κ1) is 21.6. The Balaban J connectivity index is 1.50. The molecule has 5 heteroatoms. The SMILES string of the molecule is CC[C@@H](C)N1C(=O)[C@@H](Cc2ccccc2)NC12CCN(C(=O)c1ccc(C)cc1)CC2. The zero-order valence-electron chi connectivity index (χ0n) is 18.8. The highest BCUT2D eigenvalue weighted by Crippen LogP contribution is 2.36. The van der Waals surface area contributed by atoms with Gasteiger partial charge in [-0.3, -0.25) is 14.9 Å². The lowest BCUT2D eigenvalue weighted by Gasteiger charge is -2.46. The van der Waals surface area contributed by atoms with Crippen LogP contribution in [0.15, 0.2) is 54.6 Å². The second kappa shape index (κ2) is 8.83. The molecule has 2 aromatic carbocycles. The van der Waals surface area contributed by atoms with Crippen LogP contribution in [0, 0.1) is 6.92 Å². The number of rotatable bonds is 5. The molecule has 31 heavy (non-hydrogen) atoms. The van der Waals surface area contributed by atoms with Crippen molar-refractivity contribution in [2.24, 2.45) is 0 Å². The Morgan fingerprint density at radius 2 is 1.74 bits per heavy atom. The van der Waals surface area contributed by atoms with E-state index in [0.717, 1.165) is 30.4 Å². The van der Waals surface area contributed by atoms with Crippen molar-refractivity contribution in [3.05, 3.63) is 71.3 Å². The summed E-state index contributed by atoms with van der Waals surface area (Å²) in [6, 6.07) is 17.9. The number of nitrogens with zero attached hydrogens (tertiary/aromatic N) is 2. The predicted octanol–water partition coefficient (Wildman–Crippen LogP) is 3.77. The first-order valence-electron chi connectivity index (χ1n) is 11.4. The van der Waals surface area contributed by atoms with Gasteiger partial charge in [0, 0.05) is 37.5 Å². The van der Waals surface area contributed by atoms with Gasteiger partial charge in [0.05, 0.1) is 11.7 Å². The monoisotopic (exact) mass is 419 g/mol. The first-order chi connectivity index (χ1) is 14.9. The lowest BCUT2D eigenvalue weighted by molar-refractivity contribution is -0.136. The van der Waals surface area contributed by atoms with Crippen molar-refractivity contribution in [3.63, 3.8) is 0 Å². The first-order valence-corrected chi connectivity index (χ1v) is 11.4. The number of piperidine rings is 1. The Morgan fingerprint density at radius 3 is 2.35 bits per heavy atom. The Morgan fingerprint density at radius 1 is 1.10 bits per heavy atom. The second-order valence-corrected chi connectivity index (χ2v) is 9.04. The summed E-state index contributed by atoms with van der Waals surface area (Å²) in [7, 11) is 0.